The molecule has 0 aliphatic carbocycles. The summed E-state index contributed by atoms with van der Waals surface area (Å²) in [4.78, 5) is 29.3. The first-order chi connectivity index (χ1) is 12.5. The number of rotatable bonds is 6. The maximum Gasteiger partial charge on any atom is 0.273 e. The summed E-state index contributed by atoms with van der Waals surface area (Å²) in [7, 11) is 0. The third-order valence-corrected chi connectivity index (χ3v) is 4.43. The molecule has 0 spiro atoms. The highest BCUT2D eigenvalue weighted by atomic mass is 32.1. The fourth-order valence-corrected chi connectivity index (χ4v) is 2.91. The number of amides is 2. The van der Waals surface area contributed by atoms with Crippen LogP contribution in [0.1, 0.15) is 26.6 Å². The van der Waals surface area contributed by atoms with Crippen molar-refractivity contribution in [3.8, 4) is 16.5 Å². The van der Waals surface area contributed by atoms with Crippen LogP contribution in [0.4, 0.5) is 0 Å². The lowest BCUT2D eigenvalue weighted by Gasteiger charge is -2.06. The van der Waals surface area contributed by atoms with Crippen LogP contribution in [0.3, 0.4) is 0 Å². The molecule has 1 aromatic carbocycles. The topological polar surface area (TPSA) is 104 Å². The average molecular weight is 371 g/mol. The number of carbonyl (C=O) groups excluding carboxylic acids is 2. The van der Waals surface area contributed by atoms with Gasteiger partial charge in [0, 0.05) is 18.7 Å². The lowest BCUT2D eigenvalue weighted by atomic mass is 10.2. The molecule has 2 aromatic heterocycles. The highest BCUT2D eigenvalue weighted by Crippen LogP contribution is 2.25. The molecular formula is C18H17N3O4S. The van der Waals surface area contributed by atoms with Gasteiger partial charge in [-0.05, 0) is 42.6 Å². The maximum absolute atomic E-state index is 12.2. The monoisotopic (exact) mass is 371 g/mol. The predicted molar refractivity (Wildman–Crippen MR) is 97.3 cm³/mol. The van der Waals surface area contributed by atoms with E-state index in [0.29, 0.717) is 17.2 Å². The third kappa shape index (κ3) is 4.09. The van der Waals surface area contributed by atoms with Gasteiger partial charge in [0.25, 0.3) is 11.8 Å². The summed E-state index contributed by atoms with van der Waals surface area (Å²) >= 11 is 1.48. The Morgan fingerprint density at radius 2 is 1.81 bits per heavy atom. The zero-order valence-corrected chi connectivity index (χ0v) is 14.8. The SMILES string of the molecule is Cc1oc(-c2cccs2)nc1C(=O)NCCNC(=O)c1ccc(O)cc1. The van der Waals surface area contributed by atoms with Crippen LogP contribution in [0, 0.1) is 6.92 Å². The molecule has 2 heterocycles. The minimum atomic E-state index is -0.354. The van der Waals surface area contributed by atoms with E-state index in [9.17, 15) is 14.7 Å². The summed E-state index contributed by atoms with van der Waals surface area (Å²) in [6.45, 7) is 2.20. The van der Waals surface area contributed by atoms with E-state index in [4.69, 9.17) is 4.42 Å². The van der Waals surface area contributed by atoms with E-state index >= 15 is 0 Å². The van der Waals surface area contributed by atoms with Gasteiger partial charge < -0.3 is 20.2 Å². The van der Waals surface area contributed by atoms with Gasteiger partial charge in [0.15, 0.2) is 5.69 Å². The molecule has 7 nitrogen and oxygen atoms in total. The van der Waals surface area contributed by atoms with Gasteiger partial charge in [-0.2, -0.15) is 0 Å². The van der Waals surface area contributed by atoms with Crippen LogP contribution in [0.25, 0.3) is 10.8 Å². The molecule has 0 saturated carbocycles. The Morgan fingerprint density at radius 3 is 2.46 bits per heavy atom. The minimum absolute atomic E-state index is 0.0960. The van der Waals surface area contributed by atoms with Crippen LogP contribution in [0.2, 0.25) is 0 Å². The number of aromatic nitrogens is 1. The number of nitrogens with zero attached hydrogens (tertiary/aromatic N) is 1. The Hall–Kier alpha value is -3.13. The van der Waals surface area contributed by atoms with Crippen LogP contribution in [0.5, 0.6) is 5.75 Å². The van der Waals surface area contributed by atoms with Crippen LogP contribution in [-0.4, -0.2) is 35.0 Å². The van der Waals surface area contributed by atoms with Gasteiger partial charge in [-0.25, -0.2) is 4.98 Å². The second kappa shape index (κ2) is 7.83. The van der Waals surface area contributed by atoms with Crippen LogP contribution in [0.15, 0.2) is 46.2 Å². The molecule has 0 atom stereocenters. The molecular weight excluding hydrogens is 354 g/mol. The fourth-order valence-electron chi connectivity index (χ4n) is 2.26. The second-order valence-electron chi connectivity index (χ2n) is 5.46. The van der Waals surface area contributed by atoms with E-state index < -0.39 is 0 Å². The van der Waals surface area contributed by atoms with Crippen molar-refractivity contribution >= 4 is 23.2 Å². The molecule has 0 unspecified atom stereocenters. The van der Waals surface area contributed by atoms with Crippen molar-refractivity contribution in [2.75, 3.05) is 13.1 Å². The van der Waals surface area contributed by atoms with E-state index in [1.54, 1.807) is 6.92 Å². The average Bonchev–Trinajstić information content (AvgIpc) is 3.28. The van der Waals surface area contributed by atoms with E-state index in [1.165, 1.54) is 35.6 Å². The standard InChI is InChI=1S/C18H17N3O4S/c1-11-15(21-18(25-11)14-3-2-10-26-14)17(24)20-9-8-19-16(23)12-4-6-13(22)7-5-12/h2-7,10,22H,8-9H2,1H3,(H,19,23)(H,20,24). The molecule has 3 N–H and O–H groups in total. The highest BCUT2D eigenvalue weighted by Gasteiger charge is 2.18. The van der Waals surface area contributed by atoms with Gasteiger partial charge in [-0.15, -0.1) is 11.3 Å². The number of carbonyl (C=O) groups is 2. The normalized spacial score (nSPS) is 10.5. The van der Waals surface area contributed by atoms with Crippen molar-refractivity contribution in [1.29, 1.82) is 0 Å². The first-order valence-corrected chi connectivity index (χ1v) is 8.79. The summed E-state index contributed by atoms with van der Waals surface area (Å²) in [5.41, 5.74) is 0.667. The van der Waals surface area contributed by atoms with Gasteiger partial charge >= 0.3 is 0 Å². The van der Waals surface area contributed by atoms with Crippen molar-refractivity contribution in [3.63, 3.8) is 0 Å². The van der Waals surface area contributed by atoms with Crippen LogP contribution in [-0.2, 0) is 0 Å². The Morgan fingerprint density at radius 1 is 1.12 bits per heavy atom. The first kappa shape index (κ1) is 17.7. The Balaban J connectivity index is 1.50. The van der Waals surface area contributed by atoms with E-state index in [-0.39, 0.29) is 36.3 Å². The van der Waals surface area contributed by atoms with Crippen LogP contribution >= 0.6 is 11.3 Å². The van der Waals surface area contributed by atoms with Crippen molar-refractivity contribution in [3.05, 3.63) is 58.8 Å². The van der Waals surface area contributed by atoms with Crippen LogP contribution < -0.4 is 10.6 Å². The number of phenolic OH excluding ortho intramolecular Hbond substituents is 1. The molecule has 0 bridgehead atoms. The third-order valence-electron chi connectivity index (χ3n) is 3.57. The number of oxazole rings is 1. The van der Waals surface area contributed by atoms with Crippen molar-refractivity contribution in [2.45, 2.75) is 6.92 Å². The number of phenols is 1. The van der Waals surface area contributed by atoms with Crippen molar-refractivity contribution in [2.24, 2.45) is 0 Å². The smallest absolute Gasteiger partial charge is 0.273 e. The Bertz CT molecular complexity index is 901. The lowest BCUT2D eigenvalue weighted by molar-refractivity contribution is 0.0924. The largest absolute Gasteiger partial charge is 0.508 e. The number of nitrogens with one attached hydrogen (secondary N) is 2. The summed E-state index contributed by atoms with van der Waals surface area (Å²) in [6.07, 6.45) is 0. The molecule has 3 aromatic rings. The number of aryl methyl sites for hydroxylation is 1. The van der Waals surface area contributed by atoms with Gasteiger partial charge in [0.05, 0.1) is 4.88 Å². The van der Waals surface area contributed by atoms with Gasteiger partial charge in [-0.3, -0.25) is 9.59 Å². The van der Waals surface area contributed by atoms with Crippen molar-refractivity contribution < 1.29 is 19.1 Å². The summed E-state index contributed by atoms with van der Waals surface area (Å²) < 4.78 is 5.54. The quantitative estimate of drug-likeness (QED) is 0.578. The number of hydrogen-bond donors (Lipinski definition) is 3. The minimum Gasteiger partial charge on any atom is -0.508 e. The summed E-state index contributed by atoms with van der Waals surface area (Å²) in [5, 5.41) is 16.5. The molecule has 3 rings (SSSR count). The highest BCUT2D eigenvalue weighted by molar-refractivity contribution is 7.13. The number of benzene rings is 1. The number of hydrogen-bond acceptors (Lipinski definition) is 6. The molecule has 134 valence electrons. The Labute approximate surface area is 153 Å². The molecule has 0 fully saturated rings. The number of thiophene rings is 1. The maximum atomic E-state index is 12.2. The second-order valence-corrected chi connectivity index (χ2v) is 6.41. The Kier molecular flexibility index (Phi) is 5.33. The van der Waals surface area contributed by atoms with Crippen molar-refractivity contribution in [1.82, 2.24) is 15.6 Å². The van der Waals surface area contributed by atoms with E-state index in [2.05, 4.69) is 15.6 Å². The molecule has 0 saturated heterocycles. The van der Waals surface area contributed by atoms with Gasteiger partial charge in [-0.1, -0.05) is 6.07 Å². The molecule has 26 heavy (non-hydrogen) atoms. The summed E-state index contributed by atoms with van der Waals surface area (Å²) in [5.74, 6) is 0.325. The molecule has 8 heteroatoms. The molecule has 0 aliphatic rings. The number of aromatic hydroxyl groups is 1. The van der Waals surface area contributed by atoms with Gasteiger partial charge in [0.2, 0.25) is 5.89 Å². The van der Waals surface area contributed by atoms with Gasteiger partial charge in [0.1, 0.15) is 11.5 Å². The first-order valence-electron chi connectivity index (χ1n) is 7.91. The molecule has 2 amide bonds. The van der Waals surface area contributed by atoms with E-state index in [1.807, 2.05) is 17.5 Å². The zero-order chi connectivity index (χ0) is 18.5. The lowest BCUT2D eigenvalue weighted by Crippen LogP contribution is -2.35. The predicted octanol–water partition coefficient (Wildman–Crippen LogP) is 2.58. The fraction of sp³-hybridized carbons (Fsp3) is 0.167. The summed E-state index contributed by atoms with van der Waals surface area (Å²) in [6, 6.07) is 9.68. The molecule has 0 aliphatic heterocycles. The molecule has 0 radical (unpaired) electrons. The van der Waals surface area contributed by atoms with E-state index in [0.717, 1.165) is 4.88 Å². The zero-order valence-electron chi connectivity index (χ0n) is 14.0.